The molecule has 6 heteroatoms. The van der Waals surface area contributed by atoms with Crippen molar-refractivity contribution in [3.63, 3.8) is 0 Å². The Morgan fingerprint density at radius 1 is 1.43 bits per heavy atom. The van der Waals surface area contributed by atoms with E-state index < -0.39 is 11.4 Å². The van der Waals surface area contributed by atoms with Crippen LogP contribution in [0.3, 0.4) is 0 Å². The fourth-order valence-corrected chi connectivity index (χ4v) is 0. The fraction of sp³-hybridized carbons (Fsp3) is 1.00. The van der Waals surface area contributed by atoms with Gasteiger partial charge in [0.25, 0.3) is 10.1 Å². The van der Waals surface area contributed by atoms with Crippen LogP contribution < -0.4 is 0 Å². The van der Waals surface area contributed by atoms with Crippen LogP contribution in [0, 0.1) is 0 Å². The molecule has 0 bridgehead atoms. The van der Waals surface area contributed by atoms with Gasteiger partial charge in [0.05, 0.1) is 0 Å². The maximum Gasteiger partial charge on any atom is 0.286 e. The topological polar surface area (TPSA) is 54.4 Å². The molecule has 3 nitrogen and oxygen atoms in total. The van der Waals surface area contributed by atoms with E-state index in [4.69, 9.17) is 4.55 Å². The van der Waals surface area contributed by atoms with Crippen LogP contribution in [0.2, 0.25) is 0 Å². The Bertz CT molecular complexity index is 135. The second-order valence-electron chi connectivity index (χ2n) is 0.776. The summed E-state index contributed by atoms with van der Waals surface area (Å²) in [6.07, 6.45) is 0. The average Bonchev–Trinajstić information content (AvgIpc) is 1.31. The number of hydrogen-bond acceptors (Lipinski definition) is 2. The molecule has 7 heavy (non-hydrogen) atoms. The molecule has 0 saturated heterocycles. The first kappa shape index (κ1) is 8.37. The van der Waals surface area contributed by atoms with Gasteiger partial charge in [-0.1, -0.05) is 45.2 Å². The summed E-state index contributed by atoms with van der Waals surface area (Å²) >= 11 is 3.20. The van der Waals surface area contributed by atoms with Crippen molar-refractivity contribution in [2.24, 2.45) is 0 Å². The van der Waals surface area contributed by atoms with Crippen molar-refractivity contribution in [1.29, 1.82) is 0 Å². The minimum absolute atomic E-state index is 0.734. The molecule has 0 radical (unpaired) electrons. The van der Waals surface area contributed by atoms with Gasteiger partial charge in [-0.3, -0.25) is 4.55 Å². The first-order valence-corrected chi connectivity index (χ1v) is 5.18. The Labute approximate surface area is 68.9 Å². The Kier molecular flexibility index (Phi) is 3.33. The van der Waals surface area contributed by atoms with Crippen molar-refractivity contribution >= 4 is 55.3 Å². The molecule has 0 atom stereocenters. The minimum Gasteiger partial charge on any atom is -0.284 e. The zero-order valence-corrected chi connectivity index (χ0v) is 8.14. The Balaban J connectivity index is 4.10. The van der Waals surface area contributed by atoms with E-state index in [-0.39, 0.29) is 0 Å². The van der Waals surface area contributed by atoms with Crippen molar-refractivity contribution < 1.29 is 13.0 Å². The molecule has 0 unspecified atom stereocenters. The van der Waals surface area contributed by atoms with Crippen molar-refractivity contribution in [1.82, 2.24) is 0 Å². The van der Waals surface area contributed by atoms with Crippen LogP contribution in [0.5, 0.6) is 0 Å². The zero-order valence-electron chi connectivity index (χ0n) is 3.01. The molecule has 0 amide bonds. The van der Waals surface area contributed by atoms with Crippen LogP contribution in [-0.4, -0.2) is 14.2 Å². The summed E-state index contributed by atoms with van der Waals surface area (Å²) in [5, 5.41) is 0. The lowest BCUT2D eigenvalue weighted by Crippen LogP contribution is -2.03. The zero-order chi connectivity index (χ0) is 6.08. The highest BCUT2D eigenvalue weighted by Gasteiger charge is 2.12. The second-order valence-corrected chi connectivity index (χ2v) is 8.84. The molecule has 0 heterocycles. The van der Waals surface area contributed by atoms with E-state index in [0.29, 0.717) is 0 Å². The predicted molar refractivity (Wildman–Crippen MR) is 43.4 cm³/mol. The minimum atomic E-state index is -3.77. The van der Waals surface area contributed by atoms with Crippen LogP contribution >= 0.6 is 45.2 Å². The summed E-state index contributed by atoms with van der Waals surface area (Å²) in [7, 11) is -3.77. The maximum absolute atomic E-state index is 9.87. The molecular weight excluding hydrogens is 346 g/mol. The molecule has 0 fully saturated rings. The van der Waals surface area contributed by atoms with Gasteiger partial charge in [0.15, 0.2) is 1.26 Å². The molecule has 0 aliphatic carbocycles. The number of halogens is 2. The average molecular weight is 348 g/mol. The van der Waals surface area contributed by atoms with Gasteiger partial charge < -0.3 is 0 Å². The number of rotatable bonds is 1. The van der Waals surface area contributed by atoms with E-state index in [2.05, 4.69) is 0 Å². The van der Waals surface area contributed by atoms with Crippen LogP contribution in [0.4, 0.5) is 0 Å². The first-order valence-electron chi connectivity index (χ1n) is 1.19. The van der Waals surface area contributed by atoms with Gasteiger partial charge in [-0.25, -0.2) is 0 Å². The molecular formula is CH2I2O3S. The second kappa shape index (κ2) is 2.78. The summed E-state index contributed by atoms with van der Waals surface area (Å²) in [6, 6.07) is 0. The normalized spacial score (nSPS) is 12.6. The third-order valence-corrected chi connectivity index (χ3v) is 4.53. The fourth-order valence-electron chi connectivity index (χ4n) is 0. The third kappa shape index (κ3) is 3.91. The summed E-state index contributed by atoms with van der Waals surface area (Å²) in [4.78, 5) is 0. The lowest BCUT2D eigenvalue weighted by molar-refractivity contribution is 0.489. The molecule has 0 aliphatic heterocycles. The van der Waals surface area contributed by atoms with E-state index in [1.807, 2.05) is 0 Å². The highest BCUT2D eigenvalue weighted by atomic mass is 127. The van der Waals surface area contributed by atoms with Crippen LogP contribution in [-0.2, 0) is 10.1 Å². The maximum atomic E-state index is 9.87. The summed E-state index contributed by atoms with van der Waals surface area (Å²) in [6.45, 7) is 0. The summed E-state index contributed by atoms with van der Waals surface area (Å²) < 4.78 is 27.1. The first-order chi connectivity index (χ1) is 2.94. The largest absolute Gasteiger partial charge is 0.286 e. The van der Waals surface area contributed by atoms with Crippen LogP contribution in [0.15, 0.2) is 0 Å². The molecule has 0 aromatic carbocycles. The van der Waals surface area contributed by atoms with Gasteiger partial charge in [-0.05, 0) is 0 Å². The summed E-state index contributed by atoms with van der Waals surface area (Å²) in [5.41, 5.74) is 0. The predicted octanol–water partition coefficient (Wildman–Crippen LogP) is 1.03. The Morgan fingerprint density at radius 3 is 1.57 bits per heavy atom. The highest BCUT2D eigenvalue weighted by molar-refractivity contribution is 14.2. The molecule has 0 rings (SSSR count). The SMILES string of the molecule is O=S(=O)(O)C(I)I. The lowest BCUT2D eigenvalue weighted by atomic mass is 11.9. The standard InChI is InChI=1S/CH2I2O3S/c2-1(3)7(4,5)6/h1H,(H,4,5,6). The number of hydrogen-bond donors (Lipinski definition) is 1. The molecule has 1 N–H and O–H groups in total. The van der Waals surface area contributed by atoms with Crippen molar-refractivity contribution in [2.45, 2.75) is 1.26 Å². The molecule has 0 saturated carbocycles. The quantitative estimate of drug-likeness (QED) is 0.438. The van der Waals surface area contributed by atoms with Crippen molar-refractivity contribution in [3.05, 3.63) is 0 Å². The van der Waals surface area contributed by atoms with Gasteiger partial charge in [0.2, 0.25) is 0 Å². The van der Waals surface area contributed by atoms with Gasteiger partial charge in [-0.2, -0.15) is 8.42 Å². The van der Waals surface area contributed by atoms with Gasteiger partial charge in [-0.15, -0.1) is 0 Å². The molecule has 0 spiro atoms. The molecule has 0 aromatic heterocycles. The van der Waals surface area contributed by atoms with E-state index >= 15 is 0 Å². The number of alkyl halides is 2. The van der Waals surface area contributed by atoms with E-state index in [1.165, 1.54) is 0 Å². The van der Waals surface area contributed by atoms with E-state index in [1.54, 1.807) is 45.2 Å². The van der Waals surface area contributed by atoms with Gasteiger partial charge >= 0.3 is 0 Å². The Hall–Kier alpha value is 1.37. The highest BCUT2D eigenvalue weighted by Crippen LogP contribution is 2.14. The van der Waals surface area contributed by atoms with Crippen LogP contribution in [0.1, 0.15) is 0 Å². The molecule has 0 aromatic rings. The van der Waals surface area contributed by atoms with Crippen molar-refractivity contribution in [3.8, 4) is 0 Å². The Morgan fingerprint density at radius 2 is 1.57 bits per heavy atom. The third-order valence-electron chi connectivity index (χ3n) is 0.225. The van der Waals surface area contributed by atoms with E-state index in [0.717, 1.165) is 0 Å². The molecule has 0 aliphatic rings. The van der Waals surface area contributed by atoms with Gasteiger partial charge in [0.1, 0.15) is 0 Å². The van der Waals surface area contributed by atoms with Crippen molar-refractivity contribution in [2.75, 3.05) is 0 Å². The van der Waals surface area contributed by atoms with E-state index in [9.17, 15) is 8.42 Å². The summed E-state index contributed by atoms with van der Waals surface area (Å²) in [5.74, 6) is 0. The van der Waals surface area contributed by atoms with Crippen LogP contribution in [0.25, 0.3) is 0 Å². The smallest absolute Gasteiger partial charge is 0.284 e. The van der Waals surface area contributed by atoms with Gasteiger partial charge in [0, 0.05) is 0 Å². The molecule has 44 valence electrons. The lowest BCUT2D eigenvalue weighted by Gasteiger charge is -1.90. The monoisotopic (exact) mass is 348 g/mol.